The molecule has 0 radical (unpaired) electrons. The third kappa shape index (κ3) is 3.41. The minimum absolute atomic E-state index is 0.266. The predicted octanol–water partition coefficient (Wildman–Crippen LogP) is 3.54. The second-order valence-corrected chi connectivity index (χ2v) is 5.24. The molecule has 2 aromatic heterocycles. The number of rotatable bonds is 4. The number of hydrogen-bond acceptors (Lipinski definition) is 3. The molecule has 1 amide bonds. The third-order valence-electron chi connectivity index (χ3n) is 2.91. The van der Waals surface area contributed by atoms with E-state index < -0.39 is 0 Å². The second kappa shape index (κ2) is 5.97. The Morgan fingerprint density at radius 1 is 1.24 bits per heavy atom. The molecule has 3 rings (SSSR count). The van der Waals surface area contributed by atoms with Crippen LogP contribution in [0.1, 0.15) is 16.1 Å². The van der Waals surface area contributed by atoms with Crippen LogP contribution in [0, 0.1) is 0 Å². The predicted molar refractivity (Wildman–Crippen MR) is 82.1 cm³/mol. The molecule has 0 unspecified atom stereocenters. The average Bonchev–Trinajstić information content (AvgIpc) is 3.12. The number of halogens is 1. The summed E-state index contributed by atoms with van der Waals surface area (Å²) in [5, 5.41) is 6.94. The van der Waals surface area contributed by atoms with Crippen LogP contribution in [0.25, 0.3) is 0 Å². The van der Waals surface area contributed by atoms with Crippen molar-refractivity contribution in [2.75, 3.05) is 5.32 Å². The summed E-state index contributed by atoms with van der Waals surface area (Å²) in [7, 11) is 0. The Bertz CT molecular complexity index is 733. The molecule has 0 aliphatic rings. The van der Waals surface area contributed by atoms with E-state index in [0.717, 1.165) is 11.3 Å². The van der Waals surface area contributed by atoms with Crippen molar-refractivity contribution in [1.29, 1.82) is 0 Å². The molecular weight excluding hydrogens is 334 g/mol. The molecule has 0 saturated heterocycles. The molecule has 0 saturated carbocycles. The normalized spacial score (nSPS) is 10.5. The maximum absolute atomic E-state index is 11.9. The van der Waals surface area contributed by atoms with Crippen LogP contribution in [-0.4, -0.2) is 15.7 Å². The van der Waals surface area contributed by atoms with Gasteiger partial charge in [0.05, 0.1) is 6.54 Å². The number of anilines is 1. The third-order valence-corrected chi connectivity index (χ3v) is 3.34. The molecular formula is C15H12BrN3O2. The average molecular weight is 346 g/mol. The van der Waals surface area contributed by atoms with E-state index in [0.29, 0.717) is 11.2 Å². The highest BCUT2D eigenvalue weighted by Gasteiger charge is 2.10. The first-order valence-electron chi connectivity index (χ1n) is 6.34. The minimum Gasteiger partial charge on any atom is -0.444 e. The number of carbonyl (C=O) groups is 1. The lowest BCUT2D eigenvalue weighted by atomic mass is 10.2. The van der Waals surface area contributed by atoms with Gasteiger partial charge in [-0.15, -0.1) is 0 Å². The summed E-state index contributed by atoms with van der Waals surface area (Å²) in [4.78, 5) is 11.9. The van der Waals surface area contributed by atoms with Gasteiger partial charge in [-0.3, -0.25) is 9.48 Å². The fourth-order valence-electron chi connectivity index (χ4n) is 1.90. The van der Waals surface area contributed by atoms with Crippen molar-refractivity contribution in [3.05, 3.63) is 70.9 Å². The summed E-state index contributed by atoms with van der Waals surface area (Å²) in [6.45, 7) is 0.701. The summed E-state index contributed by atoms with van der Waals surface area (Å²) in [5.41, 5.74) is 1.83. The zero-order chi connectivity index (χ0) is 14.7. The number of amides is 1. The Morgan fingerprint density at radius 3 is 2.67 bits per heavy atom. The summed E-state index contributed by atoms with van der Waals surface area (Å²) in [6, 6.07) is 12.8. The number of hydrogen-bond donors (Lipinski definition) is 1. The van der Waals surface area contributed by atoms with E-state index in [1.54, 1.807) is 18.3 Å². The quantitative estimate of drug-likeness (QED) is 0.786. The fourth-order valence-corrected chi connectivity index (χ4v) is 2.21. The molecule has 1 aromatic carbocycles. The zero-order valence-corrected chi connectivity index (χ0v) is 12.6. The molecule has 3 aromatic rings. The van der Waals surface area contributed by atoms with Gasteiger partial charge in [0, 0.05) is 18.1 Å². The van der Waals surface area contributed by atoms with Crippen LogP contribution in [0.3, 0.4) is 0 Å². The molecule has 0 aliphatic carbocycles. The Kier molecular flexibility index (Phi) is 3.87. The number of nitrogens with zero attached hydrogens (tertiary/aromatic N) is 2. The van der Waals surface area contributed by atoms with Crippen molar-refractivity contribution in [1.82, 2.24) is 9.78 Å². The van der Waals surface area contributed by atoms with Gasteiger partial charge in [-0.2, -0.15) is 5.10 Å². The van der Waals surface area contributed by atoms with Crippen molar-refractivity contribution < 1.29 is 9.21 Å². The Morgan fingerprint density at radius 2 is 2.05 bits per heavy atom. The second-order valence-electron chi connectivity index (χ2n) is 4.46. The minimum atomic E-state index is -0.277. The molecule has 5 nitrogen and oxygen atoms in total. The fraction of sp³-hybridized carbons (Fsp3) is 0.0667. The lowest BCUT2D eigenvalue weighted by molar-refractivity contribution is 0.0995. The van der Waals surface area contributed by atoms with Crippen LogP contribution < -0.4 is 5.32 Å². The van der Waals surface area contributed by atoms with Gasteiger partial charge < -0.3 is 9.73 Å². The van der Waals surface area contributed by atoms with E-state index in [-0.39, 0.29) is 11.7 Å². The summed E-state index contributed by atoms with van der Waals surface area (Å²) < 4.78 is 7.58. The van der Waals surface area contributed by atoms with Gasteiger partial charge in [-0.25, -0.2) is 0 Å². The first kappa shape index (κ1) is 13.6. The number of carbonyl (C=O) groups excluding carboxylic acids is 1. The van der Waals surface area contributed by atoms with Gasteiger partial charge in [0.1, 0.15) is 0 Å². The highest BCUT2D eigenvalue weighted by atomic mass is 79.9. The lowest BCUT2D eigenvalue weighted by Crippen LogP contribution is -2.10. The standard InChI is InChI=1S/C15H12BrN3O2/c16-14-7-6-13(21-14)15(20)18-12-4-2-11(3-5-12)10-19-9-1-8-17-19/h1-9H,10H2,(H,18,20). The van der Waals surface area contributed by atoms with Crippen LogP contribution >= 0.6 is 15.9 Å². The molecule has 0 spiro atoms. The van der Waals surface area contributed by atoms with E-state index in [9.17, 15) is 4.79 Å². The highest BCUT2D eigenvalue weighted by molar-refractivity contribution is 9.10. The van der Waals surface area contributed by atoms with Gasteiger partial charge >= 0.3 is 0 Å². The van der Waals surface area contributed by atoms with Crippen LogP contribution in [0.15, 0.2) is 63.9 Å². The topological polar surface area (TPSA) is 60.1 Å². The number of furan rings is 1. The highest BCUT2D eigenvalue weighted by Crippen LogP contribution is 2.16. The maximum Gasteiger partial charge on any atom is 0.291 e. The van der Waals surface area contributed by atoms with Crippen molar-refractivity contribution in [2.24, 2.45) is 0 Å². The molecule has 2 heterocycles. The number of nitrogens with one attached hydrogen (secondary N) is 1. The van der Waals surface area contributed by atoms with Gasteiger partial charge in [0.25, 0.3) is 5.91 Å². The van der Waals surface area contributed by atoms with E-state index in [4.69, 9.17) is 4.42 Å². The molecule has 0 fully saturated rings. The van der Waals surface area contributed by atoms with Crippen molar-refractivity contribution in [3.8, 4) is 0 Å². The van der Waals surface area contributed by atoms with E-state index in [2.05, 4.69) is 26.3 Å². The van der Waals surface area contributed by atoms with Gasteiger partial charge in [0.2, 0.25) is 0 Å². The van der Waals surface area contributed by atoms with Crippen LogP contribution in [0.2, 0.25) is 0 Å². The number of benzene rings is 1. The summed E-state index contributed by atoms with van der Waals surface area (Å²) in [6.07, 6.45) is 3.65. The van der Waals surface area contributed by atoms with E-state index in [1.807, 2.05) is 41.2 Å². The zero-order valence-electron chi connectivity index (χ0n) is 11.0. The molecule has 21 heavy (non-hydrogen) atoms. The SMILES string of the molecule is O=C(Nc1ccc(Cn2cccn2)cc1)c1ccc(Br)o1. The molecule has 0 bridgehead atoms. The summed E-state index contributed by atoms with van der Waals surface area (Å²) in [5.74, 6) is -0.0111. The van der Waals surface area contributed by atoms with Crippen LogP contribution in [0.4, 0.5) is 5.69 Å². The van der Waals surface area contributed by atoms with Crippen LogP contribution in [-0.2, 0) is 6.54 Å². The Hall–Kier alpha value is -2.34. The first-order chi connectivity index (χ1) is 10.2. The van der Waals surface area contributed by atoms with Crippen molar-refractivity contribution in [2.45, 2.75) is 6.54 Å². The van der Waals surface area contributed by atoms with Gasteiger partial charge in [-0.05, 0) is 51.8 Å². The largest absolute Gasteiger partial charge is 0.444 e. The maximum atomic E-state index is 11.9. The first-order valence-corrected chi connectivity index (χ1v) is 7.13. The van der Waals surface area contributed by atoms with Crippen molar-refractivity contribution in [3.63, 3.8) is 0 Å². The molecule has 6 heteroatoms. The van der Waals surface area contributed by atoms with Gasteiger partial charge in [0.15, 0.2) is 10.4 Å². The summed E-state index contributed by atoms with van der Waals surface area (Å²) >= 11 is 3.17. The molecule has 106 valence electrons. The lowest BCUT2D eigenvalue weighted by Gasteiger charge is -2.05. The van der Waals surface area contributed by atoms with Crippen LogP contribution in [0.5, 0.6) is 0 Å². The monoisotopic (exact) mass is 345 g/mol. The van der Waals surface area contributed by atoms with Crippen molar-refractivity contribution >= 4 is 27.5 Å². The smallest absolute Gasteiger partial charge is 0.291 e. The van der Waals surface area contributed by atoms with E-state index in [1.165, 1.54) is 0 Å². The Labute approximate surface area is 129 Å². The molecule has 1 N–H and O–H groups in total. The van der Waals surface area contributed by atoms with Gasteiger partial charge in [-0.1, -0.05) is 12.1 Å². The van der Waals surface area contributed by atoms with E-state index >= 15 is 0 Å². The Balaban J connectivity index is 1.65. The molecule has 0 aliphatic heterocycles. The number of aromatic nitrogens is 2. The molecule has 0 atom stereocenters.